The van der Waals surface area contributed by atoms with E-state index in [-0.39, 0.29) is 35.7 Å². The average molecular weight is 863 g/mol. The predicted molar refractivity (Wildman–Crippen MR) is 232 cm³/mol. The Morgan fingerprint density at radius 1 is 0.774 bits per heavy atom. The molecule has 4 aromatic rings. The Hall–Kier alpha value is -4.99. The van der Waals surface area contributed by atoms with Gasteiger partial charge in [-0.3, -0.25) is 14.5 Å². The topological polar surface area (TPSA) is 250 Å². The molecule has 4 heterocycles. The maximum absolute atomic E-state index is 13.4. The number of piperidine rings is 1. The Kier molecular flexibility index (Phi) is 18.5. The second-order valence-corrected chi connectivity index (χ2v) is 15.2. The summed E-state index contributed by atoms with van der Waals surface area (Å²) in [5.41, 5.74) is 23.1. The van der Waals surface area contributed by atoms with Crippen LogP contribution >= 0.6 is 0 Å². The van der Waals surface area contributed by atoms with Crippen LogP contribution in [0.4, 0.5) is 11.5 Å². The van der Waals surface area contributed by atoms with Crippen molar-refractivity contribution < 1.29 is 43.1 Å². The van der Waals surface area contributed by atoms with Crippen LogP contribution in [0.2, 0.25) is 0 Å². The number of ether oxygens (including phenoxy) is 6. The zero-order valence-corrected chi connectivity index (χ0v) is 35.5. The number of hydrogen-bond acceptors (Lipinski definition) is 16. The van der Waals surface area contributed by atoms with E-state index in [1.54, 1.807) is 16.8 Å². The normalized spacial score (nSPS) is 14.7. The smallest absolute Gasteiger partial charge is 0.237 e. The monoisotopic (exact) mass is 862 g/mol. The number of phenols is 1. The Morgan fingerprint density at radius 2 is 1.42 bits per heavy atom. The van der Waals surface area contributed by atoms with Gasteiger partial charge < -0.3 is 60.9 Å². The van der Waals surface area contributed by atoms with Crippen molar-refractivity contribution in [2.75, 3.05) is 123 Å². The predicted octanol–water partition coefficient (Wildman–Crippen LogP) is 1.33. The van der Waals surface area contributed by atoms with Gasteiger partial charge in [-0.2, -0.15) is 5.10 Å². The third kappa shape index (κ3) is 14.0. The lowest BCUT2D eigenvalue weighted by atomic mass is 9.97. The Morgan fingerprint density at radius 3 is 2.06 bits per heavy atom. The van der Waals surface area contributed by atoms with Gasteiger partial charge in [-0.15, -0.1) is 0 Å². The van der Waals surface area contributed by atoms with Gasteiger partial charge in [-0.1, -0.05) is 18.2 Å². The second-order valence-electron chi connectivity index (χ2n) is 15.2. The van der Waals surface area contributed by atoms with Crippen LogP contribution in [-0.2, 0) is 57.5 Å². The molecule has 0 unspecified atom stereocenters. The summed E-state index contributed by atoms with van der Waals surface area (Å²) in [5, 5.41) is 18.5. The van der Waals surface area contributed by atoms with Crippen molar-refractivity contribution in [3.05, 3.63) is 59.4 Å². The molecule has 8 N–H and O–H groups in total. The number of carbonyl (C=O) groups is 2. The van der Waals surface area contributed by atoms with E-state index in [1.165, 1.54) is 18.0 Å². The average Bonchev–Trinajstić information content (AvgIpc) is 3.64. The molecule has 2 aromatic carbocycles. The summed E-state index contributed by atoms with van der Waals surface area (Å²) in [5.74, 6) is 0.384. The van der Waals surface area contributed by atoms with Crippen LogP contribution in [0, 0.1) is 0 Å². The molecule has 0 spiro atoms. The first-order valence-corrected chi connectivity index (χ1v) is 21.4. The number of amides is 2. The number of nitrogens with one attached hydrogen (secondary N) is 1. The summed E-state index contributed by atoms with van der Waals surface area (Å²) in [7, 11) is 0. The van der Waals surface area contributed by atoms with Crippen LogP contribution in [0.15, 0.2) is 42.7 Å². The molecule has 2 aliphatic heterocycles. The molecule has 19 heteroatoms. The number of hydrogen-bond donors (Lipinski definition) is 5. The van der Waals surface area contributed by atoms with Crippen molar-refractivity contribution in [1.29, 1.82) is 0 Å². The lowest BCUT2D eigenvalue weighted by Crippen LogP contribution is -2.48. The Balaban J connectivity index is 0.813. The molecule has 62 heavy (non-hydrogen) atoms. The summed E-state index contributed by atoms with van der Waals surface area (Å²) >= 11 is 0. The summed E-state index contributed by atoms with van der Waals surface area (Å²) in [6.07, 6.45) is 4.05. The summed E-state index contributed by atoms with van der Waals surface area (Å²) in [6.45, 7) is 9.68. The molecular formula is C43H62N10O9. The zero-order chi connectivity index (χ0) is 43.5. The number of phenolic OH excluding ortho intramolecular Hbond substituents is 1. The van der Waals surface area contributed by atoms with E-state index in [1.807, 2.05) is 4.90 Å². The van der Waals surface area contributed by atoms with Crippen LogP contribution < -0.4 is 22.5 Å². The van der Waals surface area contributed by atoms with Crippen molar-refractivity contribution in [3.63, 3.8) is 0 Å². The van der Waals surface area contributed by atoms with Gasteiger partial charge in [0.2, 0.25) is 11.8 Å². The van der Waals surface area contributed by atoms with E-state index >= 15 is 0 Å². The first-order chi connectivity index (χ1) is 30.3. The van der Waals surface area contributed by atoms with E-state index < -0.39 is 0 Å². The number of nitrogens with zero attached hydrogens (tertiary/aromatic N) is 6. The molecule has 338 valence electrons. The minimum absolute atomic E-state index is 0.00537. The number of nitrogens with two attached hydrogens (primary N) is 3. The number of fused-ring (bicyclic) bond motifs is 2. The maximum Gasteiger partial charge on any atom is 0.237 e. The maximum atomic E-state index is 13.4. The lowest BCUT2D eigenvalue weighted by Gasteiger charge is -2.35. The van der Waals surface area contributed by atoms with E-state index in [2.05, 4.69) is 38.4 Å². The van der Waals surface area contributed by atoms with Gasteiger partial charge in [-0.25, -0.2) is 14.6 Å². The number of aromatic hydroxyl groups is 1. The van der Waals surface area contributed by atoms with Crippen LogP contribution in [0.1, 0.15) is 36.0 Å². The summed E-state index contributed by atoms with van der Waals surface area (Å²) in [6, 6.07) is 11.3. The Labute approximate surface area is 362 Å². The zero-order valence-electron chi connectivity index (χ0n) is 35.5. The molecule has 0 atom stereocenters. The molecule has 0 saturated carbocycles. The molecule has 19 nitrogen and oxygen atoms in total. The van der Waals surface area contributed by atoms with Gasteiger partial charge >= 0.3 is 0 Å². The van der Waals surface area contributed by atoms with Crippen molar-refractivity contribution in [3.8, 4) is 17.0 Å². The number of nitrogen functional groups attached to an aromatic ring is 2. The largest absolute Gasteiger partial charge is 0.506 e. The van der Waals surface area contributed by atoms with Crippen molar-refractivity contribution in [1.82, 2.24) is 34.9 Å². The molecule has 2 aromatic heterocycles. The van der Waals surface area contributed by atoms with Gasteiger partial charge in [0.05, 0.1) is 103 Å². The SMILES string of the molecule is NCCOCCOCCOCCOCCOCCOCCC(=O)NC1CCN(CC(=O)N2CCc3cc(Cn4nc(-c5ccc(O)c(N)c5)c5c(N)ncnc54)ccc3C2)CC1. The molecule has 2 aliphatic rings. The van der Waals surface area contributed by atoms with Crippen molar-refractivity contribution >= 4 is 34.4 Å². The lowest BCUT2D eigenvalue weighted by molar-refractivity contribution is -0.134. The fourth-order valence-corrected chi connectivity index (χ4v) is 7.41. The highest BCUT2D eigenvalue weighted by molar-refractivity contribution is 5.98. The molecule has 0 bridgehead atoms. The first kappa shape index (κ1) is 46.5. The van der Waals surface area contributed by atoms with E-state index in [0.717, 1.165) is 43.5 Å². The highest BCUT2D eigenvalue weighted by Crippen LogP contribution is 2.34. The molecule has 1 saturated heterocycles. The van der Waals surface area contributed by atoms with Crippen molar-refractivity contribution in [2.45, 2.75) is 44.8 Å². The molecule has 0 radical (unpaired) electrons. The minimum Gasteiger partial charge on any atom is -0.506 e. The van der Waals surface area contributed by atoms with Gasteiger partial charge in [0.15, 0.2) is 5.65 Å². The van der Waals surface area contributed by atoms with Crippen LogP contribution in [-0.4, -0.2) is 165 Å². The molecule has 2 amide bonds. The number of aromatic nitrogens is 4. The minimum atomic E-state index is -0.0321. The molecular weight excluding hydrogens is 801 g/mol. The standard InChI is InChI=1S/C43H62N10O9/c44-9-14-58-16-18-60-20-22-62-24-23-61-21-19-59-17-15-57-13-8-38(55)49-35-6-10-51(11-7-35)29-39(56)52-12-5-32-25-31(1-2-34(32)28-52)27-53-43-40(42(46)47-30-48-43)41(50-53)33-3-4-37(54)36(45)26-33/h1-4,25-26,30,35,54H,5-24,27-29,44-45H2,(H,49,55)(H2,46,47,48). The number of rotatable bonds is 26. The quantitative estimate of drug-likeness (QED) is 0.0339. The highest BCUT2D eigenvalue weighted by Gasteiger charge is 2.26. The fourth-order valence-electron chi connectivity index (χ4n) is 7.41. The van der Waals surface area contributed by atoms with Gasteiger partial charge in [0, 0.05) is 50.7 Å². The Bertz CT molecular complexity index is 2030. The molecule has 1 fully saturated rings. The summed E-state index contributed by atoms with van der Waals surface area (Å²) in [4.78, 5) is 38.8. The molecule has 6 rings (SSSR count). The van der Waals surface area contributed by atoms with E-state index in [9.17, 15) is 14.7 Å². The van der Waals surface area contributed by atoms with Gasteiger partial charge in [0.25, 0.3) is 0 Å². The number of likely N-dealkylation sites (tertiary alicyclic amines) is 1. The third-order valence-electron chi connectivity index (χ3n) is 10.7. The first-order valence-electron chi connectivity index (χ1n) is 21.4. The van der Waals surface area contributed by atoms with Crippen LogP contribution in [0.5, 0.6) is 5.75 Å². The fraction of sp³-hybridized carbons (Fsp3) is 0.558. The molecule has 0 aliphatic carbocycles. The van der Waals surface area contributed by atoms with Crippen LogP contribution in [0.3, 0.4) is 0 Å². The third-order valence-corrected chi connectivity index (χ3v) is 10.7. The van der Waals surface area contributed by atoms with Crippen molar-refractivity contribution in [2.24, 2.45) is 5.73 Å². The van der Waals surface area contributed by atoms with E-state index in [0.29, 0.717) is 140 Å². The highest BCUT2D eigenvalue weighted by atomic mass is 16.6. The number of benzene rings is 2. The summed E-state index contributed by atoms with van der Waals surface area (Å²) < 4.78 is 34.5. The van der Waals surface area contributed by atoms with Gasteiger partial charge in [0.1, 0.15) is 23.6 Å². The number of carbonyl (C=O) groups excluding carboxylic acids is 2. The number of anilines is 2. The van der Waals surface area contributed by atoms with E-state index in [4.69, 9.17) is 50.7 Å². The van der Waals surface area contributed by atoms with Gasteiger partial charge in [-0.05, 0) is 54.2 Å². The van der Waals surface area contributed by atoms with Crippen LogP contribution in [0.25, 0.3) is 22.3 Å². The second kappa shape index (κ2) is 24.6.